The van der Waals surface area contributed by atoms with Gasteiger partial charge < -0.3 is 4.90 Å². The third kappa shape index (κ3) is 4.80. The summed E-state index contributed by atoms with van der Waals surface area (Å²) in [5, 5.41) is 0. The lowest BCUT2D eigenvalue weighted by atomic mass is 10.0. The highest BCUT2D eigenvalue weighted by Gasteiger charge is 2.31. The Bertz CT molecular complexity index is 946. The number of rotatable bonds is 4. The van der Waals surface area contributed by atoms with E-state index >= 15 is 0 Å². The average molecular weight is 396 g/mol. The summed E-state index contributed by atoms with van der Waals surface area (Å²) in [6, 6.07) is 24.5. The third-order valence-corrected chi connectivity index (χ3v) is 5.35. The van der Waals surface area contributed by atoms with Crippen molar-refractivity contribution in [1.82, 2.24) is 4.90 Å². The predicted octanol–water partition coefficient (Wildman–Crippen LogP) is 5.69. The van der Waals surface area contributed by atoms with Crippen LogP contribution < -0.4 is 4.90 Å². The maximum Gasteiger partial charge on any atom is 0.416 e. The zero-order valence-corrected chi connectivity index (χ0v) is 16.1. The van der Waals surface area contributed by atoms with Crippen LogP contribution in [0.15, 0.2) is 78.9 Å². The molecule has 1 saturated heterocycles. The maximum atomic E-state index is 13.0. The second-order valence-electron chi connectivity index (χ2n) is 7.38. The van der Waals surface area contributed by atoms with Crippen molar-refractivity contribution in [1.29, 1.82) is 0 Å². The quantitative estimate of drug-likeness (QED) is 0.559. The van der Waals surface area contributed by atoms with Crippen LogP contribution in [0.2, 0.25) is 0 Å². The Kier molecular flexibility index (Phi) is 5.58. The highest BCUT2D eigenvalue weighted by atomic mass is 19.4. The molecule has 0 unspecified atom stereocenters. The highest BCUT2D eigenvalue weighted by molar-refractivity contribution is 5.63. The van der Waals surface area contributed by atoms with Crippen molar-refractivity contribution in [3.05, 3.63) is 90.0 Å². The van der Waals surface area contributed by atoms with Gasteiger partial charge >= 0.3 is 6.18 Å². The molecule has 0 radical (unpaired) electrons. The molecule has 0 aliphatic carbocycles. The molecule has 1 aliphatic rings. The minimum Gasteiger partial charge on any atom is -0.369 e. The first-order valence-electron chi connectivity index (χ1n) is 9.78. The summed E-state index contributed by atoms with van der Waals surface area (Å²) >= 11 is 0. The first-order chi connectivity index (χ1) is 14.0. The van der Waals surface area contributed by atoms with E-state index in [1.807, 2.05) is 23.1 Å². The Morgan fingerprint density at radius 3 is 2.10 bits per heavy atom. The fourth-order valence-electron chi connectivity index (χ4n) is 3.78. The Balaban J connectivity index is 1.39. The summed E-state index contributed by atoms with van der Waals surface area (Å²) in [4.78, 5) is 4.39. The van der Waals surface area contributed by atoms with E-state index in [-0.39, 0.29) is 0 Å². The van der Waals surface area contributed by atoms with Crippen LogP contribution in [0.4, 0.5) is 18.9 Å². The van der Waals surface area contributed by atoms with Gasteiger partial charge in [0.25, 0.3) is 0 Å². The van der Waals surface area contributed by atoms with E-state index < -0.39 is 11.7 Å². The molecule has 0 N–H and O–H groups in total. The first kappa shape index (κ1) is 19.5. The van der Waals surface area contributed by atoms with Gasteiger partial charge in [0.15, 0.2) is 0 Å². The van der Waals surface area contributed by atoms with Gasteiger partial charge in [-0.05, 0) is 41.0 Å². The zero-order chi connectivity index (χ0) is 20.3. The van der Waals surface area contributed by atoms with Crippen LogP contribution >= 0.6 is 0 Å². The first-order valence-corrected chi connectivity index (χ1v) is 9.78. The van der Waals surface area contributed by atoms with E-state index in [1.165, 1.54) is 28.8 Å². The van der Waals surface area contributed by atoms with Crippen LogP contribution in [0, 0.1) is 0 Å². The van der Waals surface area contributed by atoms with Gasteiger partial charge in [0.05, 0.1) is 5.56 Å². The van der Waals surface area contributed by atoms with E-state index in [2.05, 4.69) is 41.3 Å². The van der Waals surface area contributed by atoms with Crippen molar-refractivity contribution in [3.63, 3.8) is 0 Å². The van der Waals surface area contributed by atoms with E-state index in [0.717, 1.165) is 38.8 Å². The number of nitrogens with zero attached hydrogens (tertiary/aromatic N) is 2. The van der Waals surface area contributed by atoms with Crippen LogP contribution in [-0.4, -0.2) is 31.1 Å². The van der Waals surface area contributed by atoms with Crippen LogP contribution in [0.3, 0.4) is 0 Å². The van der Waals surface area contributed by atoms with E-state index in [0.29, 0.717) is 5.69 Å². The lowest BCUT2D eigenvalue weighted by Gasteiger charge is -2.36. The molecule has 5 heteroatoms. The topological polar surface area (TPSA) is 6.48 Å². The predicted molar refractivity (Wildman–Crippen MR) is 111 cm³/mol. The maximum absolute atomic E-state index is 13.0. The third-order valence-electron chi connectivity index (χ3n) is 5.35. The normalized spacial score (nSPS) is 15.5. The fraction of sp³-hybridized carbons (Fsp3) is 0.250. The molecule has 0 saturated carbocycles. The number of hydrogen-bond acceptors (Lipinski definition) is 2. The standard InChI is InChI=1S/C24H23F3N2/c25-24(26,27)22-10-5-11-23(17-22)29-14-12-28(13-15-29)18-19-6-4-9-21(16-19)20-7-2-1-3-8-20/h1-11,16-17H,12-15,18H2. The van der Waals surface area contributed by atoms with Crippen molar-refractivity contribution >= 4 is 5.69 Å². The van der Waals surface area contributed by atoms with Gasteiger partial charge in [0.2, 0.25) is 0 Å². The summed E-state index contributed by atoms with van der Waals surface area (Å²) in [5.74, 6) is 0. The van der Waals surface area contributed by atoms with Crippen molar-refractivity contribution in [2.45, 2.75) is 12.7 Å². The molecule has 1 heterocycles. The molecule has 0 spiro atoms. The fourth-order valence-corrected chi connectivity index (χ4v) is 3.78. The Morgan fingerprint density at radius 1 is 0.690 bits per heavy atom. The van der Waals surface area contributed by atoms with E-state index in [4.69, 9.17) is 0 Å². The molecule has 1 fully saturated rings. The van der Waals surface area contributed by atoms with Crippen molar-refractivity contribution in [2.24, 2.45) is 0 Å². The number of piperazine rings is 1. The molecule has 0 bridgehead atoms. The van der Waals surface area contributed by atoms with Gasteiger partial charge in [-0.15, -0.1) is 0 Å². The van der Waals surface area contributed by atoms with Gasteiger partial charge in [-0.2, -0.15) is 13.2 Å². The molecule has 2 nitrogen and oxygen atoms in total. The smallest absolute Gasteiger partial charge is 0.369 e. The van der Waals surface area contributed by atoms with E-state index in [1.54, 1.807) is 6.07 Å². The van der Waals surface area contributed by atoms with Crippen LogP contribution in [0.1, 0.15) is 11.1 Å². The van der Waals surface area contributed by atoms with Gasteiger partial charge in [0.1, 0.15) is 0 Å². The Hall–Kier alpha value is -2.79. The number of halogens is 3. The lowest BCUT2D eigenvalue weighted by Crippen LogP contribution is -2.46. The second-order valence-corrected chi connectivity index (χ2v) is 7.38. The van der Waals surface area contributed by atoms with Crippen LogP contribution in [0.25, 0.3) is 11.1 Å². The molecule has 3 aromatic carbocycles. The van der Waals surface area contributed by atoms with E-state index in [9.17, 15) is 13.2 Å². The Labute approximate surface area is 169 Å². The van der Waals surface area contributed by atoms with Crippen LogP contribution in [-0.2, 0) is 12.7 Å². The van der Waals surface area contributed by atoms with Crippen molar-refractivity contribution in [2.75, 3.05) is 31.1 Å². The molecule has 1 aliphatic heterocycles. The molecular formula is C24H23F3N2. The van der Waals surface area contributed by atoms with Gasteiger partial charge in [0, 0.05) is 38.4 Å². The molecule has 4 rings (SSSR count). The summed E-state index contributed by atoms with van der Waals surface area (Å²) in [7, 11) is 0. The lowest BCUT2D eigenvalue weighted by molar-refractivity contribution is -0.137. The largest absolute Gasteiger partial charge is 0.416 e. The molecule has 0 atom stereocenters. The van der Waals surface area contributed by atoms with Crippen molar-refractivity contribution < 1.29 is 13.2 Å². The zero-order valence-electron chi connectivity index (χ0n) is 16.1. The van der Waals surface area contributed by atoms with Gasteiger partial charge in [-0.1, -0.05) is 54.6 Å². The number of hydrogen-bond donors (Lipinski definition) is 0. The molecule has 3 aromatic rings. The van der Waals surface area contributed by atoms with Crippen molar-refractivity contribution in [3.8, 4) is 11.1 Å². The molecular weight excluding hydrogens is 373 g/mol. The summed E-state index contributed by atoms with van der Waals surface area (Å²) in [6.07, 6.45) is -4.30. The number of benzene rings is 3. The summed E-state index contributed by atoms with van der Waals surface area (Å²) in [6.45, 7) is 3.94. The molecule has 0 amide bonds. The number of alkyl halides is 3. The Morgan fingerprint density at radius 2 is 1.38 bits per heavy atom. The second kappa shape index (κ2) is 8.29. The van der Waals surface area contributed by atoms with Crippen LogP contribution in [0.5, 0.6) is 0 Å². The minimum atomic E-state index is -4.30. The summed E-state index contributed by atoms with van der Waals surface area (Å²) < 4.78 is 38.9. The van der Waals surface area contributed by atoms with Gasteiger partial charge in [-0.25, -0.2) is 0 Å². The molecule has 150 valence electrons. The SMILES string of the molecule is FC(F)(F)c1cccc(N2CCN(Cc3cccc(-c4ccccc4)c3)CC2)c1. The number of anilines is 1. The monoisotopic (exact) mass is 396 g/mol. The van der Waals surface area contributed by atoms with Gasteiger partial charge in [-0.3, -0.25) is 4.90 Å². The minimum absolute atomic E-state index is 0.588. The summed E-state index contributed by atoms with van der Waals surface area (Å²) in [5.41, 5.74) is 3.70. The molecule has 29 heavy (non-hydrogen) atoms. The molecule has 0 aromatic heterocycles. The highest BCUT2D eigenvalue weighted by Crippen LogP contribution is 2.32. The average Bonchev–Trinajstić information content (AvgIpc) is 2.75.